The Hall–Kier alpha value is -2.64. The summed E-state index contributed by atoms with van der Waals surface area (Å²) in [6, 6.07) is 15.0. The molecule has 0 aliphatic carbocycles. The van der Waals surface area contributed by atoms with E-state index < -0.39 is 11.1 Å². The van der Waals surface area contributed by atoms with Crippen molar-refractivity contribution in [1.29, 1.82) is 0 Å². The van der Waals surface area contributed by atoms with E-state index in [1.54, 1.807) is 12.3 Å². The fourth-order valence-electron chi connectivity index (χ4n) is 2.23. The summed E-state index contributed by atoms with van der Waals surface area (Å²) in [4.78, 5) is 36.2. The summed E-state index contributed by atoms with van der Waals surface area (Å²) < 4.78 is 0. The number of nitrogens with zero attached hydrogens (tertiary/aromatic N) is 3. The van der Waals surface area contributed by atoms with Crippen LogP contribution in [0.5, 0.6) is 0 Å². The summed E-state index contributed by atoms with van der Waals surface area (Å²) >= 11 is 0.879. The van der Waals surface area contributed by atoms with Gasteiger partial charge in [0, 0.05) is 19.8 Å². The molecule has 2 amide bonds. The third-order valence-corrected chi connectivity index (χ3v) is 4.40. The summed E-state index contributed by atoms with van der Waals surface area (Å²) in [6.07, 6.45) is 3.39. The Kier molecular flexibility index (Phi) is 5.47. The van der Waals surface area contributed by atoms with Crippen molar-refractivity contribution in [3.05, 3.63) is 65.2 Å². The van der Waals surface area contributed by atoms with Gasteiger partial charge in [-0.1, -0.05) is 36.4 Å². The molecule has 128 valence electrons. The van der Waals surface area contributed by atoms with Crippen molar-refractivity contribution in [3.63, 3.8) is 0 Å². The first-order chi connectivity index (χ1) is 12.1. The van der Waals surface area contributed by atoms with Crippen LogP contribution in [0.25, 0.3) is 6.08 Å². The number of thioether (sulfide) groups is 1. The van der Waals surface area contributed by atoms with Gasteiger partial charge in [0.1, 0.15) is 5.82 Å². The highest BCUT2D eigenvalue weighted by Crippen LogP contribution is 2.32. The normalized spacial score (nSPS) is 15.9. The molecular formula is C18H17N3O3S. The van der Waals surface area contributed by atoms with Crippen LogP contribution in [-0.2, 0) is 9.63 Å². The first-order valence-corrected chi connectivity index (χ1v) is 8.55. The number of pyridine rings is 1. The highest BCUT2D eigenvalue weighted by atomic mass is 32.2. The van der Waals surface area contributed by atoms with Crippen molar-refractivity contribution in [2.45, 2.75) is 0 Å². The largest absolute Gasteiger partial charge is 0.357 e. The van der Waals surface area contributed by atoms with E-state index in [1.165, 1.54) is 0 Å². The van der Waals surface area contributed by atoms with E-state index in [2.05, 4.69) is 4.98 Å². The number of imide groups is 1. The number of hydrogen-bond acceptors (Lipinski definition) is 6. The summed E-state index contributed by atoms with van der Waals surface area (Å²) in [5.41, 5.74) is 0.864. The minimum Gasteiger partial charge on any atom is -0.357 e. The fraction of sp³-hybridized carbons (Fsp3) is 0.167. The number of amides is 2. The van der Waals surface area contributed by atoms with E-state index >= 15 is 0 Å². The Morgan fingerprint density at radius 1 is 1.16 bits per heavy atom. The van der Waals surface area contributed by atoms with Gasteiger partial charge in [0.2, 0.25) is 0 Å². The number of anilines is 1. The third kappa shape index (κ3) is 4.26. The van der Waals surface area contributed by atoms with E-state index in [4.69, 9.17) is 4.84 Å². The second-order valence-electron chi connectivity index (χ2n) is 5.33. The van der Waals surface area contributed by atoms with Gasteiger partial charge in [-0.25, -0.2) is 4.98 Å². The lowest BCUT2D eigenvalue weighted by Crippen LogP contribution is -2.32. The fourth-order valence-corrected chi connectivity index (χ4v) is 3.00. The highest BCUT2D eigenvalue weighted by Gasteiger charge is 2.36. The number of likely N-dealkylation sites (N-methyl/N-ethyl adjacent to an activating group) is 1. The molecule has 3 rings (SSSR count). The topological polar surface area (TPSA) is 62.7 Å². The predicted molar refractivity (Wildman–Crippen MR) is 97.7 cm³/mol. The van der Waals surface area contributed by atoms with Gasteiger partial charge in [0.15, 0.2) is 0 Å². The maximum atomic E-state index is 12.3. The molecule has 6 nitrogen and oxygen atoms in total. The Labute approximate surface area is 150 Å². The predicted octanol–water partition coefficient (Wildman–Crippen LogP) is 3.19. The second-order valence-corrected chi connectivity index (χ2v) is 6.32. The quantitative estimate of drug-likeness (QED) is 0.742. The first-order valence-electron chi connectivity index (χ1n) is 7.73. The molecule has 0 unspecified atom stereocenters. The van der Waals surface area contributed by atoms with Gasteiger partial charge in [-0.3, -0.25) is 14.4 Å². The maximum absolute atomic E-state index is 12.3. The molecule has 2 heterocycles. The van der Waals surface area contributed by atoms with Gasteiger partial charge < -0.3 is 4.90 Å². The average molecular weight is 355 g/mol. The van der Waals surface area contributed by atoms with Crippen molar-refractivity contribution in [1.82, 2.24) is 10.0 Å². The number of carbonyl (C=O) groups excluding carboxylic acids is 2. The molecule has 1 saturated heterocycles. The number of aromatic nitrogens is 1. The monoisotopic (exact) mass is 355 g/mol. The summed E-state index contributed by atoms with van der Waals surface area (Å²) in [7, 11) is 1.87. The molecule has 1 aliphatic heterocycles. The zero-order chi connectivity index (χ0) is 17.6. The highest BCUT2D eigenvalue weighted by molar-refractivity contribution is 8.18. The molecule has 1 aliphatic rings. The van der Waals surface area contributed by atoms with E-state index in [9.17, 15) is 9.59 Å². The van der Waals surface area contributed by atoms with E-state index in [0.29, 0.717) is 11.4 Å². The van der Waals surface area contributed by atoms with E-state index in [0.717, 1.165) is 28.2 Å². The Morgan fingerprint density at radius 2 is 1.92 bits per heavy atom. The van der Waals surface area contributed by atoms with Crippen molar-refractivity contribution in [2.75, 3.05) is 25.1 Å². The van der Waals surface area contributed by atoms with Crippen LogP contribution in [0.3, 0.4) is 0 Å². The van der Waals surface area contributed by atoms with Crippen LogP contribution in [0.2, 0.25) is 0 Å². The number of benzene rings is 1. The standard InChI is InChI=1S/C18H17N3O3S/c1-20(16-9-5-6-10-19-16)11-12-24-21-17(22)15(25-18(21)23)13-14-7-3-2-4-8-14/h2-10,13H,11-12H2,1H3. The molecule has 1 aromatic carbocycles. The van der Waals surface area contributed by atoms with Gasteiger partial charge >= 0.3 is 5.24 Å². The van der Waals surface area contributed by atoms with Crippen molar-refractivity contribution < 1.29 is 14.4 Å². The van der Waals surface area contributed by atoms with Crippen LogP contribution >= 0.6 is 11.8 Å². The maximum Gasteiger partial charge on any atom is 0.317 e. The Morgan fingerprint density at radius 3 is 2.64 bits per heavy atom. The smallest absolute Gasteiger partial charge is 0.317 e. The Balaban J connectivity index is 1.57. The molecule has 0 bridgehead atoms. The summed E-state index contributed by atoms with van der Waals surface area (Å²) in [5.74, 6) is 0.364. The summed E-state index contributed by atoms with van der Waals surface area (Å²) in [5, 5.41) is 0.402. The second kappa shape index (κ2) is 7.96. The third-order valence-electron chi connectivity index (χ3n) is 3.54. The molecular weight excluding hydrogens is 338 g/mol. The van der Waals surface area contributed by atoms with Crippen molar-refractivity contribution >= 4 is 34.8 Å². The molecule has 0 atom stereocenters. The van der Waals surface area contributed by atoms with Gasteiger partial charge in [0.05, 0.1) is 11.5 Å². The average Bonchev–Trinajstić information content (AvgIpc) is 2.90. The summed E-state index contributed by atoms with van der Waals surface area (Å²) in [6.45, 7) is 0.695. The first kappa shape index (κ1) is 17.2. The minimum absolute atomic E-state index is 0.198. The molecule has 0 saturated carbocycles. The lowest BCUT2D eigenvalue weighted by Gasteiger charge is -2.19. The van der Waals surface area contributed by atoms with Gasteiger partial charge in [-0.05, 0) is 35.5 Å². The van der Waals surface area contributed by atoms with Crippen LogP contribution in [-0.4, -0.2) is 41.4 Å². The number of carbonyl (C=O) groups is 2. The van der Waals surface area contributed by atoms with Gasteiger partial charge in [0.25, 0.3) is 5.91 Å². The number of hydroxylamine groups is 2. The van der Waals surface area contributed by atoms with Crippen LogP contribution < -0.4 is 4.90 Å². The number of rotatable bonds is 6. The Bertz CT molecular complexity index is 781. The van der Waals surface area contributed by atoms with Gasteiger partial charge in [-0.15, -0.1) is 5.06 Å². The van der Waals surface area contributed by atoms with Crippen molar-refractivity contribution in [2.24, 2.45) is 0 Å². The zero-order valence-corrected chi connectivity index (χ0v) is 14.5. The van der Waals surface area contributed by atoms with Crippen molar-refractivity contribution in [3.8, 4) is 0 Å². The zero-order valence-electron chi connectivity index (χ0n) is 13.7. The van der Waals surface area contributed by atoms with Crippen LogP contribution in [0, 0.1) is 0 Å². The molecule has 0 spiro atoms. The SMILES string of the molecule is CN(CCON1C(=O)SC(=Cc2ccccc2)C1=O)c1ccccn1. The molecule has 0 radical (unpaired) electrons. The minimum atomic E-state index is -0.431. The molecule has 2 aromatic rings. The lowest BCUT2D eigenvalue weighted by molar-refractivity contribution is -0.158. The van der Waals surface area contributed by atoms with E-state index in [-0.39, 0.29) is 6.61 Å². The molecule has 7 heteroatoms. The number of hydrogen-bond donors (Lipinski definition) is 0. The van der Waals surface area contributed by atoms with Crippen LogP contribution in [0.1, 0.15) is 5.56 Å². The molecule has 1 fully saturated rings. The molecule has 25 heavy (non-hydrogen) atoms. The molecule has 0 N–H and O–H groups in total. The molecule has 1 aromatic heterocycles. The van der Waals surface area contributed by atoms with E-state index in [1.807, 2.05) is 60.5 Å². The van der Waals surface area contributed by atoms with Crippen LogP contribution in [0.4, 0.5) is 10.6 Å². The lowest BCUT2D eigenvalue weighted by atomic mass is 10.2. The van der Waals surface area contributed by atoms with Crippen LogP contribution in [0.15, 0.2) is 59.6 Å². The van der Waals surface area contributed by atoms with Gasteiger partial charge in [-0.2, -0.15) is 0 Å².